The predicted octanol–water partition coefficient (Wildman–Crippen LogP) is 1.58. The molecule has 1 rings (SSSR count). The molecule has 17 heavy (non-hydrogen) atoms. The number of carbonyl (C=O) groups is 2. The molecule has 0 aliphatic rings. The number of hydrogen-bond acceptors (Lipinski definition) is 3. The molecule has 0 aromatic heterocycles. The minimum atomic E-state index is -0.601. The van der Waals surface area contributed by atoms with E-state index < -0.39 is 11.7 Å². The molecule has 0 spiro atoms. The Balaban J connectivity index is 3.01. The maximum atomic E-state index is 13.5. The molecule has 1 aromatic rings. The Kier molecular flexibility index (Phi) is 4.78. The molecule has 0 fully saturated rings. The number of anilines is 1. The second kappa shape index (κ2) is 6.10. The second-order valence-electron chi connectivity index (χ2n) is 3.62. The average Bonchev–Trinajstić information content (AvgIpc) is 2.28. The van der Waals surface area contributed by atoms with E-state index in [4.69, 9.17) is 0 Å². The molecule has 0 bridgehead atoms. The van der Waals surface area contributed by atoms with Crippen LogP contribution in [0.4, 0.5) is 10.1 Å². The molecule has 92 valence electrons. The second-order valence-corrected chi connectivity index (χ2v) is 3.62. The largest absolute Gasteiger partial charge is 0.323 e. The number of carbonyl (C=O) groups excluding carboxylic acids is 2. The van der Waals surface area contributed by atoms with Gasteiger partial charge in [0.1, 0.15) is 5.82 Å². The average molecular weight is 238 g/mol. The van der Waals surface area contributed by atoms with E-state index in [1.165, 1.54) is 25.1 Å². The van der Waals surface area contributed by atoms with Gasteiger partial charge in [-0.1, -0.05) is 6.07 Å². The number of nitrogens with one attached hydrogen (secondary N) is 2. The maximum Gasteiger partial charge on any atom is 0.221 e. The SMILES string of the molecule is CNCCC(=O)c1cccc(F)c1NC(C)=O. The molecule has 0 aliphatic heterocycles. The highest BCUT2D eigenvalue weighted by atomic mass is 19.1. The van der Waals surface area contributed by atoms with Crippen molar-refractivity contribution in [3.05, 3.63) is 29.6 Å². The van der Waals surface area contributed by atoms with Crippen LogP contribution in [0.5, 0.6) is 0 Å². The van der Waals surface area contributed by atoms with Gasteiger partial charge in [-0.3, -0.25) is 9.59 Å². The minimum Gasteiger partial charge on any atom is -0.323 e. The van der Waals surface area contributed by atoms with E-state index in [-0.39, 0.29) is 23.5 Å². The molecule has 2 N–H and O–H groups in total. The lowest BCUT2D eigenvalue weighted by atomic mass is 10.1. The van der Waals surface area contributed by atoms with Crippen LogP contribution in [0.1, 0.15) is 23.7 Å². The molecular formula is C12H15FN2O2. The Morgan fingerprint density at radius 3 is 2.65 bits per heavy atom. The summed E-state index contributed by atoms with van der Waals surface area (Å²) in [4.78, 5) is 22.8. The van der Waals surface area contributed by atoms with Gasteiger partial charge in [0, 0.05) is 25.5 Å². The summed E-state index contributed by atoms with van der Waals surface area (Å²) < 4.78 is 13.5. The van der Waals surface area contributed by atoms with Gasteiger partial charge in [0.25, 0.3) is 0 Å². The van der Waals surface area contributed by atoms with Crippen LogP contribution in [0.15, 0.2) is 18.2 Å². The number of halogens is 1. The van der Waals surface area contributed by atoms with Gasteiger partial charge in [0.2, 0.25) is 5.91 Å². The highest BCUT2D eigenvalue weighted by Gasteiger charge is 2.15. The van der Waals surface area contributed by atoms with Crippen LogP contribution in [0.3, 0.4) is 0 Å². The van der Waals surface area contributed by atoms with Gasteiger partial charge in [-0.2, -0.15) is 0 Å². The molecule has 0 aliphatic carbocycles. The van der Waals surface area contributed by atoms with Crippen molar-refractivity contribution in [1.29, 1.82) is 0 Å². The van der Waals surface area contributed by atoms with E-state index in [2.05, 4.69) is 10.6 Å². The first-order chi connectivity index (χ1) is 8.06. The zero-order chi connectivity index (χ0) is 12.8. The Hall–Kier alpha value is -1.75. The Morgan fingerprint density at radius 1 is 1.35 bits per heavy atom. The highest BCUT2D eigenvalue weighted by Crippen LogP contribution is 2.21. The van der Waals surface area contributed by atoms with E-state index >= 15 is 0 Å². The fourth-order valence-electron chi connectivity index (χ4n) is 1.43. The van der Waals surface area contributed by atoms with Gasteiger partial charge >= 0.3 is 0 Å². The zero-order valence-electron chi connectivity index (χ0n) is 9.84. The summed E-state index contributed by atoms with van der Waals surface area (Å²) in [5.74, 6) is -1.21. The van der Waals surface area contributed by atoms with Crippen molar-refractivity contribution in [3.63, 3.8) is 0 Å². The summed E-state index contributed by atoms with van der Waals surface area (Å²) in [7, 11) is 1.73. The fourth-order valence-corrected chi connectivity index (χ4v) is 1.43. The number of rotatable bonds is 5. The van der Waals surface area contributed by atoms with Crippen LogP contribution in [-0.4, -0.2) is 25.3 Å². The molecule has 1 amide bonds. The molecule has 0 unspecified atom stereocenters. The van der Waals surface area contributed by atoms with Crippen molar-refractivity contribution < 1.29 is 14.0 Å². The van der Waals surface area contributed by atoms with Crippen LogP contribution < -0.4 is 10.6 Å². The van der Waals surface area contributed by atoms with E-state index in [1.807, 2.05) is 0 Å². The number of amides is 1. The third kappa shape index (κ3) is 3.64. The van der Waals surface area contributed by atoms with E-state index in [1.54, 1.807) is 7.05 Å². The Morgan fingerprint density at radius 2 is 2.06 bits per heavy atom. The molecule has 0 saturated heterocycles. The van der Waals surface area contributed by atoms with Crippen LogP contribution in [-0.2, 0) is 4.79 Å². The van der Waals surface area contributed by atoms with E-state index in [0.29, 0.717) is 6.54 Å². The molecule has 0 saturated carbocycles. The van der Waals surface area contributed by atoms with Crippen LogP contribution >= 0.6 is 0 Å². The zero-order valence-corrected chi connectivity index (χ0v) is 9.84. The van der Waals surface area contributed by atoms with Crippen LogP contribution in [0, 0.1) is 5.82 Å². The summed E-state index contributed by atoms with van der Waals surface area (Å²) in [6.45, 7) is 1.78. The molecule has 0 atom stereocenters. The molecular weight excluding hydrogens is 223 g/mol. The van der Waals surface area contributed by atoms with E-state index in [0.717, 1.165) is 0 Å². The van der Waals surface area contributed by atoms with Crippen molar-refractivity contribution in [2.75, 3.05) is 18.9 Å². The lowest BCUT2D eigenvalue weighted by Crippen LogP contribution is -2.16. The van der Waals surface area contributed by atoms with Crippen molar-refractivity contribution in [3.8, 4) is 0 Å². The number of hydrogen-bond donors (Lipinski definition) is 2. The van der Waals surface area contributed by atoms with Gasteiger partial charge in [-0.25, -0.2) is 4.39 Å². The third-order valence-electron chi connectivity index (χ3n) is 2.22. The number of Topliss-reactive ketones (excluding diaryl/α,β-unsaturated/α-hetero) is 1. The van der Waals surface area contributed by atoms with Crippen molar-refractivity contribution in [2.24, 2.45) is 0 Å². The molecule has 0 heterocycles. The monoisotopic (exact) mass is 238 g/mol. The molecule has 4 nitrogen and oxygen atoms in total. The third-order valence-corrected chi connectivity index (χ3v) is 2.22. The quantitative estimate of drug-likeness (QED) is 0.766. The number of ketones is 1. The summed E-state index contributed by atoms with van der Waals surface area (Å²) in [6, 6.07) is 4.17. The van der Waals surface area contributed by atoms with E-state index in [9.17, 15) is 14.0 Å². The summed E-state index contributed by atoms with van der Waals surface area (Å²) in [5.41, 5.74) is 0.163. The molecule has 5 heteroatoms. The van der Waals surface area contributed by atoms with Gasteiger partial charge in [-0.05, 0) is 19.2 Å². The normalized spacial score (nSPS) is 10.1. The van der Waals surface area contributed by atoms with Gasteiger partial charge in [0.05, 0.1) is 5.69 Å². The lowest BCUT2D eigenvalue weighted by molar-refractivity contribution is -0.114. The van der Waals surface area contributed by atoms with Crippen LogP contribution in [0.25, 0.3) is 0 Å². The standard InChI is InChI=1S/C12H15FN2O2/c1-8(16)15-12-9(4-3-5-10(12)13)11(17)6-7-14-2/h3-5,14H,6-7H2,1-2H3,(H,15,16). The van der Waals surface area contributed by atoms with Crippen LogP contribution in [0.2, 0.25) is 0 Å². The summed E-state index contributed by atoms with van der Waals surface area (Å²) in [6.07, 6.45) is 0.256. The van der Waals surface area contributed by atoms with Crippen molar-refractivity contribution in [1.82, 2.24) is 5.32 Å². The molecule has 1 aromatic carbocycles. The smallest absolute Gasteiger partial charge is 0.221 e. The van der Waals surface area contributed by atoms with Gasteiger partial charge in [-0.15, -0.1) is 0 Å². The molecule has 0 radical (unpaired) electrons. The van der Waals surface area contributed by atoms with Gasteiger partial charge < -0.3 is 10.6 Å². The Labute approximate surface area is 99.2 Å². The number of para-hydroxylation sites is 1. The van der Waals surface area contributed by atoms with Gasteiger partial charge in [0.15, 0.2) is 5.78 Å². The minimum absolute atomic E-state index is 0.0406. The summed E-state index contributed by atoms with van der Waals surface area (Å²) >= 11 is 0. The van der Waals surface area contributed by atoms with Crippen molar-refractivity contribution >= 4 is 17.4 Å². The first kappa shape index (κ1) is 13.3. The first-order valence-corrected chi connectivity index (χ1v) is 5.30. The first-order valence-electron chi connectivity index (χ1n) is 5.30. The Bertz CT molecular complexity index is 433. The fraction of sp³-hybridized carbons (Fsp3) is 0.333. The van der Waals surface area contributed by atoms with Crippen molar-refractivity contribution in [2.45, 2.75) is 13.3 Å². The topological polar surface area (TPSA) is 58.2 Å². The summed E-state index contributed by atoms with van der Waals surface area (Å²) in [5, 5.41) is 5.19. The highest BCUT2D eigenvalue weighted by molar-refractivity contribution is 6.04. The number of benzene rings is 1. The maximum absolute atomic E-state index is 13.5. The lowest BCUT2D eigenvalue weighted by Gasteiger charge is -2.09. The predicted molar refractivity (Wildman–Crippen MR) is 63.6 cm³/mol.